The van der Waals surface area contributed by atoms with Crippen LogP contribution in [-0.4, -0.2) is 42.0 Å². The highest BCUT2D eigenvalue weighted by molar-refractivity contribution is 5.81. The van der Waals surface area contributed by atoms with Crippen LogP contribution in [-0.2, 0) is 11.0 Å². The summed E-state index contributed by atoms with van der Waals surface area (Å²) >= 11 is 0. The molecular weight excluding hydrogens is 319 g/mol. The fourth-order valence-electron chi connectivity index (χ4n) is 2.98. The maximum Gasteiger partial charge on any atom is 0.433 e. The van der Waals surface area contributed by atoms with E-state index in [1.165, 1.54) is 6.20 Å². The third-order valence-corrected chi connectivity index (χ3v) is 4.37. The van der Waals surface area contributed by atoms with Crippen LogP contribution in [0.15, 0.2) is 18.3 Å². The van der Waals surface area contributed by atoms with Crippen molar-refractivity contribution in [3.8, 4) is 0 Å². The highest BCUT2D eigenvalue weighted by atomic mass is 19.4. The van der Waals surface area contributed by atoms with E-state index >= 15 is 0 Å². The summed E-state index contributed by atoms with van der Waals surface area (Å²) in [6.07, 6.45) is -1.77. The Hall–Kier alpha value is -1.79. The van der Waals surface area contributed by atoms with Gasteiger partial charge < -0.3 is 9.80 Å². The summed E-state index contributed by atoms with van der Waals surface area (Å²) < 4.78 is 38.3. The molecule has 0 unspecified atom stereocenters. The first-order valence-electron chi connectivity index (χ1n) is 8.05. The lowest BCUT2D eigenvalue weighted by molar-refractivity contribution is -0.141. The SMILES string of the molecule is CN(C(=O)C(C)(C)C)C1CCN(c2ccnc(C(F)(F)F)c2)CC1. The van der Waals surface area contributed by atoms with Crippen molar-refractivity contribution in [1.82, 2.24) is 9.88 Å². The Morgan fingerprint density at radius 2 is 1.83 bits per heavy atom. The van der Waals surface area contributed by atoms with E-state index in [-0.39, 0.29) is 11.9 Å². The summed E-state index contributed by atoms with van der Waals surface area (Å²) in [7, 11) is 1.81. The van der Waals surface area contributed by atoms with Crippen LogP contribution < -0.4 is 4.90 Å². The molecule has 0 N–H and O–H groups in total. The topological polar surface area (TPSA) is 36.4 Å². The van der Waals surface area contributed by atoms with Crippen LogP contribution in [0.5, 0.6) is 0 Å². The molecule has 1 amide bonds. The van der Waals surface area contributed by atoms with Gasteiger partial charge in [0.1, 0.15) is 5.69 Å². The van der Waals surface area contributed by atoms with E-state index in [1.807, 2.05) is 32.7 Å². The molecule has 7 heteroatoms. The van der Waals surface area contributed by atoms with E-state index < -0.39 is 17.3 Å². The fraction of sp³-hybridized carbons (Fsp3) is 0.647. The van der Waals surface area contributed by atoms with Gasteiger partial charge in [0.05, 0.1) is 0 Å². The van der Waals surface area contributed by atoms with Crippen molar-refractivity contribution in [3.63, 3.8) is 0 Å². The van der Waals surface area contributed by atoms with Crippen LogP contribution >= 0.6 is 0 Å². The predicted octanol–water partition coefficient (Wildman–Crippen LogP) is 3.57. The predicted molar refractivity (Wildman–Crippen MR) is 86.7 cm³/mol. The van der Waals surface area contributed by atoms with Gasteiger partial charge in [0.2, 0.25) is 5.91 Å². The third kappa shape index (κ3) is 4.19. The van der Waals surface area contributed by atoms with Crippen molar-refractivity contribution in [2.75, 3.05) is 25.0 Å². The molecule has 4 nitrogen and oxygen atoms in total. The Morgan fingerprint density at radius 1 is 1.25 bits per heavy atom. The first kappa shape index (κ1) is 18.5. The molecule has 0 spiro atoms. The molecule has 1 aliphatic rings. The molecule has 0 saturated carbocycles. The van der Waals surface area contributed by atoms with E-state index in [0.29, 0.717) is 18.8 Å². The molecule has 2 heterocycles. The molecule has 134 valence electrons. The van der Waals surface area contributed by atoms with Crippen molar-refractivity contribution in [1.29, 1.82) is 0 Å². The number of piperidine rings is 1. The van der Waals surface area contributed by atoms with Gasteiger partial charge >= 0.3 is 6.18 Å². The van der Waals surface area contributed by atoms with E-state index in [9.17, 15) is 18.0 Å². The first-order valence-corrected chi connectivity index (χ1v) is 8.05. The van der Waals surface area contributed by atoms with Crippen molar-refractivity contribution in [3.05, 3.63) is 24.0 Å². The number of carbonyl (C=O) groups is 1. The number of hydrogen-bond acceptors (Lipinski definition) is 3. The lowest BCUT2D eigenvalue weighted by Crippen LogP contribution is -2.48. The second-order valence-corrected chi connectivity index (χ2v) is 7.28. The van der Waals surface area contributed by atoms with Crippen LogP contribution in [0.2, 0.25) is 0 Å². The lowest BCUT2D eigenvalue weighted by Gasteiger charge is -2.39. The number of nitrogens with zero attached hydrogens (tertiary/aromatic N) is 3. The minimum absolute atomic E-state index is 0.0872. The average Bonchev–Trinajstić information content (AvgIpc) is 2.52. The molecular formula is C17H24F3N3O. The van der Waals surface area contributed by atoms with Gasteiger partial charge in [-0.1, -0.05) is 20.8 Å². The first-order chi connectivity index (χ1) is 11.0. The standard InChI is InChI=1S/C17H24F3N3O/c1-16(2,3)15(24)22(4)12-6-9-23(10-7-12)13-5-8-21-14(11-13)17(18,19)20/h5,8,11-12H,6-7,9-10H2,1-4H3. The minimum Gasteiger partial charge on any atom is -0.371 e. The summed E-state index contributed by atoms with van der Waals surface area (Å²) in [5, 5.41) is 0. The number of alkyl halides is 3. The molecule has 0 bridgehead atoms. The number of amides is 1. The number of halogens is 3. The van der Waals surface area contributed by atoms with Gasteiger partial charge in [-0.05, 0) is 25.0 Å². The molecule has 1 fully saturated rings. The Kier molecular flexibility index (Phi) is 5.11. The van der Waals surface area contributed by atoms with Gasteiger partial charge in [0.25, 0.3) is 0 Å². The Labute approximate surface area is 140 Å². The smallest absolute Gasteiger partial charge is 0.371 e. The summed E-state index contributed by atoms with van der Waals surface area (Å²) in [5.41, 5.74) is -0.777. The summed E-state index contributed by atoms with van der Waals surface area (Å²) in [6, 6.07) is 2.81. The van der Waals surface area contributed by atoms with Gasteiger partial charge in [-0.3, -0.25) is 9.78 Å². The molecule has 0 aliphatic carbocycles. The average molecular weight is 343 g/mol. The molecule has 0 radical (unpaired) electrons. The second kappa shape index (κ2) is 6.61. The third-order valence-electron chi connectivity index (χ3n) is 4.37. The van der Waals surface area contributed by atoms with E-state index in [0.717, 1.165) is 18.9 Å². The molecule has 1 aromatic heterocycles. The van der Waals surface area contributed by atoms with Crippen molar-refractivity contribution < 1.29 is 18.0 Å². The zero-order chi connectivity index (χ0) is 18.1. The Bertz CT molecular complexity index is 587. The molecule has 0 aromatic carbocycles. The van der Waals surface area contributed by atoms with Gasteiger partial charge in [-0.2, -0.15) is 13.2 Å². The maximum atomic E-state index is 12.8. The molecule has 2 rings (SSSR count). The summed E-state index contributed by atoms with van der Waals surface area (Å²) in [4.78, 5) is 19.4. The Morgan fingerprint density at radius 3 is 2.33 bits per heavy atom. The van der Waals surface area contributed by atoms with Crippen LogP contribution in [0.4, 0.5) is 18.9 Å². The largest absolute Gasteiger partial charge is 0.433 e. The number of rotatable bonds is 2. The second-order valence-electron chi connectivity index (χ2n) is 7.28. The normalized spacial score (nSPS) is 17.0. The molecule has 1 saturated heterocycles. The van der Waals surface area contributed by atoms with Gasteiger partial charge in [0.15, 0.2) is 0 Å². The fourth-order valence-corrected chi connectivity index (χ4v) is 2.98. The van der Waals surface area contributed by atoms with Crippen molar-refractivity contribution >= 4 is 11.6 Å². The molecule has 1 aromatic rings. The molecule has 1 aliphatic heterocycles. The molecule has 0 atom stereocenters. The van der Waals surface area contributed by atoms with Crippen LogP contribution in [0.25, 0.3) is 0 Å². The zero-order valence-electron chi connectivity index (χ0n) is 14.5. The van der Waals surface area contributed by atoms with Crippen LogP contribution in [0, 0.1) is 5.41 Å². The van der Waals surface area contributed by atoms with Crippen LogP contribution in [0.3, 0.4) is 0 Å². The van der Waals surface area contributed by atoms with Crippen molar-refractivity contribution in [2.45, 2.75) is 45.8 Å². The van der Waals surface area contributed by atoms with E-state index in [2.05, 4.69) is 4.98 Å². The number of hydrogen-bond donors (Lipinski definition) is 0. The summed E-state index contributed by atoms with van der Waals surface area (Å²) in [5.74, 6) is 0.0872. The summed E-state index contributed by atoms with van der Waals surface area (Å²) in [6.45, 7) is 6.89. The van der Waals surface area contributed by atoms with Gasteiger partial charge in [0, 0.05) is 43.5 Å². The van der Waals surface area contributed by atoms with Crippen LogP contribution in [0.1, 0.15) is 39.3 Å². The molecule has 24 heavy (non-hydrogen) atoms. The van der Waals surface area contributed by atoms with Crippen molar-refractivity contribution in [2.24, 2.45) is 5.41 Å². The zero-order valence-corrected chi connectivity index (χ0v) is 14.5. The van der Waals surface area contributed by atoms with Gasteiger partial charge in [-0.25, -0.2) is 0 Å². The van der Waals surface area contributed by atoms with E-state index in [4.69, 9.17) is 0 Å². The van der Waals surface area contributed by atoms with E-state index in [1.54, 1.807) is 11.0 Å². The van der Waals surface area contributed by atoms with Gasteiger partial charge in [-0.15, -0.1) is 0 Å². The highest BCUT2D eigenvalue weighted by Gasteiger charge is 2.34. The lowest BCUT2D eigenvalue weighted by atomic mass is 9.92. The number of aromatic nitrogens is 1. The number of anilines is 1. The maximum absolute atomic E-state index is 12.8. The Balaban J connectivity index is 2.02. The minimum atomic E-state index is -4.44. The number of pyridine rings is 1. The highest BCUT2D eigenvalue weighted by Crippen LogP contribution is 2.31. The quantitative estimate of drug-likeness (QED) is 0.824. The number of carbonyl (C=O) groups excluding carboxylic acids is 1. The monoisotopic (exact) mass is 343 g/mol.